The number of allylic oxidation sites excluding steroid dienone is 2. The number of carbonyl (C=O) groups excluding carboxylic acids is 3. The number of aryl methyl sites for hydroxylation is 1. The van der Waals surface area contributed by atoms with Gasteiger partial charge in [-0.15, -0.1) is 10.2 Å². The molecule has 2 aliphatic carbocycles. The number of anilines is 1. The Kier molecular flexibility index (Phi) is 4.03. The Morgan fingerprint density at radius 2 is 1.92 bits per heavy atom. The Morgan fingerprint density at radius 1 is 1.24 bits per heavy atom. The number of amides is 4. The van der Waals surface area contributed by atoms with Gasteiger partial charge < -0.3 is 5.32 Å². The Labute approximate surface area is 148 Å². The van der Waals surface area contributed by atoms with Gasteiger partial charge in [0, 0.05) is 13.1 Å². The second-order valence-electron chi connectivity index (χ2n) is 6.56. The number of likely N-dealkylation sites (tertiary alicyclic amines) is 1. The van der Waals surface area contributed by atoms with E-state index in [1.807, 2.05) is 6.92 Å². The van der Waals surface area contributed by atoms with E-state index >= 15 is 0 Å². The molecule has 1 aliphatic heterocycles. The summed E-state index contributed by atoms with van der Waals surface area (Å²) < 4.78 is 0. The Balaban J connectivity index is 1.28. The number of hydrogen-bond donors (Lipinski definition) is 2. The van der Waals surface area contributed by atoms with Gasteiger partial charge >= 0.3 is 6.03 Å². The average Bonchev–Trinajstić information content (AvgIpc) is 3.35. The molecule has 3 aliphatic rings. The van der Waals surface area contributed by atoms with E-state index < -0.39 is 6.03 Å². The van der Waals surface area contributed by atoms with Gasteiger partial charge in [0.05, 0.1) is 11.8 Å². The maximum atomic E-state index is 12.5. The van der Waals surface area contributed by atoms with E-state index in [1.165, 1.54) is 16.2 Å². The summed E-state index contributed by atoms with van der Waals surface area (Å²) in [5, 5.41) is 14.3. The highest BCUT2D eigenvalue weighted by Crippen LogP contribution is 2.52. The van der Waals surface area contributed by atoms with Crippen LogP contribution < -0.4 is 10.6 Å². The van der Waals surface area contributed by atoms with Gasteiger partial charge in [0.15, 0.2) is 0 Å². The van der Waals surface area contributed by atoms with Crippen LogP contribution in [0.5, 0.6) is 0 Å². The number of rotatable bonds is 5. The molecule has 25 heavy (non-hydrogen) atoms. The fourth-order valence-corrected chi connectivity index (χ4v) is 4.73. The predicted octanol–water partition coefficient (Wildman–Crippen LogP) is 1.03. The third-order valence-electron chi connectivity index (χ3n) is 5.17. The summed E-state index contributed by atoms with van der Waals surface area (Å²) >= 11 is 1.32. The fraction of sp³-hybridized carbons (Fsp3) is 0.562. The molecule has 1 saturated carbocycles. The molecule has 0 unspecified atom stereocenters. The van der Waals surface area contributed by atoms with E-state index in [4.69, 9.17) is 0 Å². The first-order valence-electron chi connectivity index (χ1n) is 8.49. The predicted molar refractivity (Wildman–Crippen MR) is 90.7 cm³/mol. The summed E-state index contributed by atoms with van der Waals surface area (Å²) in [5.74, 6) is -0.150. The molecule has 2 N–H and O–H groups in total. The molecule has 0 aromatic carbocycles. The highest BCUT2D eigenvalue weighted by atomic mass is 32.1. The molecule has 1 aromatic rings. The zero-order valence-electron chi connectivity index (χ0n) is 13.8. The van der Waals surface area contributed by atoms with Crippen molar-refractivity contribution in [3.63, 3.8) is 0 Å². The lowest BCUT2D eigenvalue weighted by atomic mass is 9.85. The number of fused-ring (bicyclic) bond motifs is 5. The summed E-state index contributed by atoms with van der Waals surface area (Å²) in [6, 6.07) is -0.417. The minimum atomic E-state index is -0.417. The Morgan fingerprint density at radius 3 is 2.52 bits per heavy atom. The van der Waals surface area contributed by atoms with Crippen LogP contribution in [-0.4, -0.2) is 46.0 Å². The maximum Gasteiger partial charge on any atom is 0.321 e. The van der Waals surface area contributed by atoms with E-state index in [0.29, 0.717) is 5.13 Å². The zero-order valence-corrected chi connectivity index (χ0v) is 14.6. The van der Waals surface area contributed by atoms with Gasteiger partial charge in [-0.25, -0.2) is 4.79 Å². The lowest BCUT2D eigenvalue weighted by Gasteiger charge is -2.17. The van der Waals surface area contributed by atoms with Gasteiger partial charge in [0.2, 0.25) is 16.9 Å². The monoisotopic (exact) mass is 361 g/mol. The number of imide groups is 1. The maximum absolute atomic E-state index is 12.5. The molecule has 4 amide bonds. The van der Waals surface area contributed by atoms with Crippen molar-refractivity contribution in [1.82, 2.24) is 20.4 Å². The van der Waals surface area contributed by atoms with Gasteiger partial charge in [-0.3, -0.25) is 19.8 Å². The van der Waals surface area contributed by atoms with Crippen LogP contribution in [0.25, 0.3) is 0 Å². The van der Waals surface area contributed by atoms with Gasteiger partial charge in [-0.05, 0) is 24.7 Å². The van der Waals surface area contributed by atoms with Crippen LogP contribution in [0.3, 0.4) is 0 Å². The van der Waals surface area contributed by atoms with Gasteiger partial charge in [0.1, 0.15) is 5.01 Å². The molecular weight excluding hydrogens is 342 g/mol. The van der Waals surface area contributed by atoms with Crippen molar-refractivity contribution in [3.8, 4) is 0 Å². The molecule has 4 rings (SSSR count). The second kappa shape index (κ2) is 6.21. The summed E-state index contributed by atoms with van der Waals surface area (Å²) in [4.78, 5) is 38.2. The van der Waals surface area contributed by atoms with E-state index in [9.17, 15) is 14.4 Å². The third-order valence-corrected chi connectivity index (χ3v) is 6.16. The van der Waals surface area contributed by atoms with Gasteiger partial charge in [0.25, 0.3) is 0 Å². The van der Waals surface area contributed by atoms with E-state index in [2.05, 4.69) is 33.0 Å². The van der Waals surface area contributed by atoms with Crippen molar-refractivity contribution in [3.05, 3.63) is 17.2 Å². The average molecular weight is 361 g/mol. The number of carbonyl (C=O) groups is 3. The van der Waals surface area contributed by atoms with Crippen LogP contribution in [0.15, 0.2) is 12.2 Å². The smallest absolute Gasteiger partial charge is 0.321 e. The van der Waals surface area contributed by atoms with Crippen LogP contribution in [0, 0.1) is 23.7 Å². The number of nitrogens with zero attached hydrogens (tertiary/aromatic N) is 3. The van der Waals surface area contributed by atoms with Crippen molar-refractivity contribution >= 4 is 34.3 Å². The van der Waals surface area contributed by atoms with Gasteiger partial charge in [-0.1, -0.05) is 30.4 Å². The first kappa shape index (κ1) is 16.2. The second-order valence-corrected chi connectivity index (χ2v) is 7.63. The highest BCUT2D eigenvalue weighted by molar-refractivity contribution is 7.15. The zero-order chi connectivity index (χ0) is 17.6. The topological polar surface area (TPSA) is 104 Å². The third kappa shape index (κ3) is 2.72. The first-order chi connectivity index (χ1) is 12.1. The standard InChI is InChI=1S/C16H19N5O3S/c1-2-10-19-20-16(25-10)18-15(24)17-5-6-21-13(22)11-8-3-4-9(7-8)12(11)14(21)23/h3-4,8-9,11-12H,2,5-7H2,1H3,(H2,17,18,20,24)/t8-,9-,11+,12+/m0/s1. The van der Waals surface area contributed by atoms with Crippen LogP contribution in [0.1, 0.15) is 18.4 Å². The molecule has 9 heteroatoms. The Hall–Kier alpha value is -2.29. The minimum absolute atomic E-state index is 0.0919. The molecule has 1 saturated heterocycles. The molecule has 2 fully saturated rings. The number of urea groups is 1. The van der Waals surface area contributed by atoms with Gasteiger partial charge in [-0.2, -0.15) is 0 Å². The normalized spacial score (nSPS) is 29.4. The molecule has 132 valence electrons. The molecule has 2 heterocycles. The van der Waals surface area contributed by atoms with E-state index in [-0.39, 0.29) is 48.6 Å². The highest BCUT2D eigenvalue weighted by Gasteiger charge is 2.58. The molecule has 0 radical (unpaired) electrons. The van der Waals surface area contributed by atoms with Crippen molar-refractivity contribution in [2.45, 2.75) is 19.8 Å². The van der Waals surface area contributed by atoms with E-state index in [1.54, 1.807) is 0 Å². The number of aromatic nitrogens is 2. The molecule has 4 atom stereocenters. The largest absolute Gasteiger partial charge is 0.336 e. The molecular formula is C16H19N5O3S. The summed E-state index contributed by atoms with van der Waals surface area (Å²) in [5.41, 5.74) is 0. The summed E-state index contributed by atoms with van der Waals surface area (Å²) in [6.07, 6.45) is 5.82. The van der Waals surface area contributed by atoms with Crippen molar-refractivity contribution < 1.29 is 14.4 Å². The van der Waals surface area contributed by atoms with Crippen LogP contribution in [0.4, 0.5) is 9.93 Å². The molecule has 0 spiro atoms. The molecule has 8 nitrogen and oxygen atoms in total. The number of hydrogen-bond acceptors (Lipinski definition) is 6. The summed E-state index contributed by atoms with van der Waals surface area (Å²) in [7, 11) is 0. The van der Waals surface area contributed by atoms with Crippen molar-refractivity contribution in [2.75, 3.05) is 18.4 Å². The van der Waals surface area contributed by atoms with Crippen LogP contribution in [-0.2, 0) is 16.0 Å². The Bertz CT molecular complexity index is 731. The quantitative estimate of drug-likeness (QED) is 0.602. The SMILES string of the molecule is CCc1nnc(NC(=O)NCCN2C(=O)[C@H]3[C@H](C2=O)[C@H]2C=C[C@H]3C2)s1. The molecule has 1 aromatic heterocycles. The van der Waals surface area contributed by atoms with Crippen LogP contribution >= 0.6 is 11.3 Å². The lowest BCUT2D eigenvalue weighted by molar-refractivity contribution is -0.140. The minimum Gasteiger partial charge on any atom is -0.336 e. The fourth-order valence-electron chi connectivity index (χ4n) is 4.05. The van der Waals surface area contributed by atoms with E-state index in [0.717, 1.165) is 17.8 Å². The van der Waals surface area contributed by atoms with Crippen molar-refractivity contribution in [1.29, 1.82) is 0 Å². The van der Waals surface area contributed by atoms with Crippen molar-refractivity contribution in [2.24, 2.45) is 23.7 Å². The number of nitrogens with one attached hydrogen (secondary N) is 2. The lowest BCUT2D eigenvalue weighted by Crippen LogP contribution is -2.40. The first-order valence-corrected chi connectivity index (χ1v) is 9.31. The summed E-state index contributed by atoms with van der Waals surface area (Å²) in [6.45, 7) is 2.38. The van der Waals surface area contributed by atoms with Crippen LogP contribution in [0.2, 0.25) is 0 Å². The molecule has 2 bridgehead atoms.